The van der Waals surface area contributed by atoms with Crippen molar-refractivity contribution >= 4 is 113 Å². The Hall–Kier alpha value is -12.3. The molecule has 26 N–H and O–H groups in total. The Labute approximate surface area is 707 Å². The number of benzene rings is 2. The predicted molar refractivity (Wildman–Crippen MR) is 441 cm³/mol. The molecule has 3 aliphatic rings. The molecule has 3 fully saturated rings. The number of likely N-dealkylation sites (tertiary alicyclic amines) is 2. The van der Waals surface area contributed by atoms with E-state index in [1.54, 1.807) is 53.7 Å². The summed E-state index contributed by atoms with van der Waals surface area (Å²) >= 11 is 0. The number of phenols is 1. The largest absolute Gasteiger partial charge is 0.508 e. The summed E-state index contributed by atoms with van der Waals surface area (Å²) in [5.41, 5.74) is 23.5. The third-order valence-electron chi connectivity index (χ3n) is 20.8. The molecule has 5 rings (SSSR count). The molecule has 674 valence electrons. The van der Waals surface area contributed by atoms with Crippen LogP contribution in [-0.2, 0) is 94.3 Å². The number of rotatable bonds is 51. The van der Waals surface area contributed by atoms with Crippen molar-refractivity contribution in [2.24, 2.45) is 40.7 Å². The zero-order chi connectivity index (χ0) is 90.6. The number of carboxylic acids is 2. The van der Waals surface area contributed by atoms with Gasteiger partial charge >= 0.3 is 17.9 Å². The first kappa shape index (κ1) is 100. The molecule has 42 nitrogen and oxygen atoms in total. The topological polar surface area (TPSA) is 675 Å². The molecule has 0 radical (unpaired) electrons. The van der Waals surface area contributed by atoms with Crippen molar-refractivity contribution in [3.05, 3.63) is 59.7 Å². The molecule has 122 heavy (non-hydrogen) atoms. The summed E-state index contributed by atoms with van der Waals surface area (Å²) in [6, 6.07) is -7.34. The van der Waals surface area contributed by atoms with E-state index in [9.17, 15) is 82.4 Å². The molecule has 0 bridgehead atoms. The molecule has 2 aromatic rings. The maximum absolute atomic E-state index is 15.2. The molecule has 14 unspecified atom stereocenters. The van der Waals surface area contributed by atoms with Gasteiger partial charge in [-0.3, -0.25) is 87.5 Å². The van der Waals surface area contributed by atoms with Crippen molar-refractivity contribution < 1.29 is 102 Å². The number of primary amides is 1. The fourth-order valence-electron chi connectivity index (χ4n) is 14.3. The SMILES string of the molecule is CCC(C)C(NC(=O)C(Cc1ccc(OC(C)=O)cc1)NC(=O)C1CCCN1C(=O)C(CCCNC(=N)N)NC(=O)C(CCCNC(=N)N)NC(=O)C1CCCN1C(=O)C(CCCCN)NC(=O)C(CC(N)=O)NC(=O)C(CCC(=O)O)NC(=O)C(Cc1ccc(O)cc1)NC(=O)C(CC(C)C)NC(=O)C1CCC(=O)N1)C(=O)NC(CC(C)C)C(=O)O. The summed E-state index contributed by atoms with van der Waals surface area (Å²) in [5.74, 6) is -17.5. The van der Waals surface area contributed by atoms with Crippen LogP contribution in [0, 0.1) is 28.6 Å². The lowest BCUT2D eigenvalue weighted by Crippen LogP contribution is -2.61. The van der Waals surface area contributed by atoms with E-state index in [1.165, 1.54) is 48.2 Å². The van der Waals surface area contributed by atoms with E-state index in [-0.39, 0.29) is 165 Å². The quantitative estimate of drug-likeness (QED) is 0.0102. The van der Waals surface area contributed by atoms with Gasteiger partial charge in [0.25, 0.3) is 0 Å². The van der Waals surface area contributed by atoms with Crippen LogP contribution in [-0.4, -0.2) is 249 Å². The highest BCUT2D eigenvalue weighted by atomic mass is 16.5. The number of guanidine groups is 2. The van der Waals surface area contributed by atoms with Gasteiger partial charge in [0.05, 0.1) is 6.42 Å². The minimum atomic E-state index is -1.94. The van der Waals surface area contributed by atoms with Gasteiger partial charge in [-0.2, -0.15) is 0 Å². The van der Waals surface area contributed by atoms with Crippen LogP contribution in [0.5, 0.6) is 11.5 Å². The van der Waals surface area contributed by atoms with Crippen molar-refractivity contribution in [1.82, 2.24) is 78.9 Å². The van der Waals surface area contributed by atoms with Crippen LogP contribution in [0.3, 0.4) is 0 Å². The molecule has 2 aromatic carbocycles. The van der Waals surface area contributed by atoms with Gasteiger partial charge in [-0.25, -0.2) is 4.79 Å². The van der Waals surface area contributed by atoms with Crippen LogP contribution < -0.4 is 96.8 Å². The Morgan fingerprint density at radius 2 is 0.943 bits per heavy atom. The van der Waals surface area contributed by atoms with Gasteiger partial charge < -0.3 is 122 Å². The van der Waals surface area contributed by atoms with Crippen molar-refractivity contribution in [3.63, 3.8) is 0 Å². The maximum Gasteiger partial charge on any atom is 0.326 e. The number of carbonyl (C=O) groups is 17. The Morgan fingerprint density at radius 1 is 0.516 bits per heavy atom. The second kappa shape index (κ2) is 50.1. The van der Waals surface area contributed by atoms with Crippen molar-refractivity contribution in [2.75, 3.05) is 32.7 Å². The average molecular weight is 1710 g/mol. The van der Waals surface area contributed by atoms with Crippen LogP contribution in [0.2, 0.25) is 0 Å². The number of carbonyl (C=O) groups excluding carboxylic acids is 15. The Morgan fingerprint density at radius 3 is 1.42 bits per heavy atom. The number of esters is 1. The lowest BCUT2D eigenvalue weighted by molar-refractivity contribution is -0.144. The summed E-state index contributed by atoms with van der Waals surface area (Å²) in [4.78, 5) is 238. The van der Waals surface area contributed by atoms with Crippen LogP contribution in [0.25, 0.3) is 0 Å². The van der Waals surface area contributed by atoms with Gasteiger partial charge in [-0.1, -0.05) is 72.2 Å². The predicted octanol–water partition coefficient (Wildman–Crippen LogP) is -3.17. The number of nitrogens with zero attached hydrogens (tertiary/aromatic N) is 2. The molecule has 3 aliphatic heterocycles. The number of nitrogens with two attached hydrogens (primary N) is 4. The second-order valence-electron chi connectivity index (χ2n) is 31.7. The minimum absolute atomic E-state index is 0.00508. The molecule has 14 atom stereocenters. The van der Waals surface area contributed by atoms with E-state index in [1.807, 2.05) is 0 Å². The van der Waals surface area contributed by atoms with Gasteiger partial charge in [0.2, 0.25) is 82.7 Å². The van der Waals surface area contributed by atoms with Crippen LogP contribution >= 0.6 is 0 Å². The summed E-state index contributed by atoms with van der Waals surface area (Å²) in [5, 5.41) is 79.4. The highest BCUT2D eigenvalue weighted by Crippen LogP contribution is 2.25. The lowest BCUT2D eigenvalue weighted by Gasteiger charge is -2.32. The van der Waals surface area contributed by atoms with Crippen molar-refractivity contribution in [3.8, 4) is 11.5 Å². The van der Waals surface area contributed by atoms with Crippen LogP contribution in [0.15, 0.2) is 48.5 Å². The van der Waals surface area contributed by atoms with Crippen LogP contribution in [0.1, 0.15) is 182 Å². The zero-order valence-corrected chi connectivity index (χ0v) is 70.1. The van der Waals surface area contributed by atoms with E-state index in [0.29, 0.717) is 24.0 Å². The average Bonchev–Trinajstić information content (AvgIpc) is 1.66. The molecule has 0 aromatic heterocycles. The molecule has 0 spiro atoms. The number of hydrogen-bond acceptors (Lipinski definition) is 22. The number of unbranched alkanes of at least 4 members (excludes halogenated alkanes) is 1. The number of amides is 14. The van der Waals surface area contributed by atoms with Gasteiger partial charge in [-0.05, 0) is 156 Å². The van der Waals surface area contributed by atoms with E-state index in [4.69, 9.17) is 38.5 Å². The smallest absolute Gasteiger partial charge is 0.326 e. The summed E-state index contributed by atoms with van der Waals surface area (Å²) in [6.07, 6.45) is -1.64. The molecule has 0 aliphatic carbocycles. The first-order valence-electron chi connectivity index (χ1n) is 41.3. The van der Waals surface area contributed by atoms with E-state index < -0.39 is 210 Å². The number of carboxylic acid groups (broad SMARTS) is 2. The van der Waals surface area contributed by atoms with Gasteiger partial charge in [-0.15, -0.1) is 0 Å². The molecular formula is C80H123N21O21. The normalized spacial score (nSPS) is 17.6. The standard InChI is InChI=1S/C80H123N21O21/c1-8-44(6)65(75(117)98-59(78(120)121)38-43(4)5)99-72(114)57(40-47-22-26-49(27-23-47)122-45(7)102)97-74(116)61-19-14-36-101(61)77(119)54(17-12-34-88-80(85)86)92-66(108)50(16-11-33-87-79(83)84)91-73(115)60-18-13-35-100(60)76(118)53(15-9-10-32-81)93-71(113)58(41-62(82)104)96-68(110)52(29-31-64(106)107)90-70(112)56(39-46-20-24-48(103)25-21-46)95-69(111)55(37-42(2)3)94-67(109)51-28-30-63(105)89-51/h20-27,42-44,50-61,65,103H,8-19,28-41,81H2,1-7H3,(H2,82,104)(H,89,105)(H,90,112)(H,91,115)(H,92,108)(H,93,113)(H,94,109)(H,95,111)(H,96,110)(H,97,116)(H,98,117)(H,99,114)(H,106,107)(H,120,121)(H4,83,84,87)(H4,85,86,88). The molecule has 0 saturated carbocycles. The lowest BCUT2D eigenvalue weighted by atomic mass is 9.96. The molecular weight excluding hydrogens is 1590 g/mol. The first-order valence-corrected chi connectivity index (χ1v) is 41.3. The number of nitrogens with one attached hydrogen (secondary N) is 15. The highest BCUT2D eigenvalue weighted by Gasteiger charge is 2.44. The second-order valence-corrected chi connectivity index (χ2v) is 31.7. The fraction of sp³-hybridized carbons (Fsp3) is 0.613. The number of ether oxygens (including phenoxy) is 1. The van der Waals surface area contributed by atoms with Gasteiger partial charge in [0.15, 0.2) is 11.9 Å². The molecule has 14 amide bonds. The van der Waals surface area contributed by atoms with E-state index >= 15 is 14.4 Å². The van der Waals surface area contributed by atoms with Crippen molar-refractivity contribution in [1.29, 1.82) is 10.8 Å². The third-order valence-corrected chi connectivity index (χ3v) is 20.8. The Balaban J connectivity index is 1.42. The number of phenolic OH excluding ortho intramolecular Hbond substituents is 1. The summed E-state index contributed by atoms with van der Waals surface area (Å²) in [7, 11) is 0. The van der Waals surface area contributed by atoms with Crippen molar-refractivity contribution in [2.45, 2.75) is 262 Å². The third kappa shape index (κ3) is 33.7. The highest BCUT2D eigenvalue weighted by molar-refractivity contribution is 6.01. The Bertz CT molecular complexity index is 4020. The summed E-state index contributed by atoms with van der Waals surface area (Å²) < 4.78 is 5.19. The number of hydrogen-bond donors (Lipinski definition) is 22. The van der Waals surface area contributed by atoms with Gasteiger partial charge in [0.1, 0.15) is 90.0 Å². The Kier molecular flexibility index (Phi) is 41.2. The van der Waals surface area contributed by atoms with Crippen LogP contribution in [0.4, 0.5) is 0 Å². The minimum Gasteiger partial charge on any atom is -0.508 e. The van der Waals surface area contributed by atoms with E-state index in [0.717, 1.165) is 4.90 Å². The molecule has 3 saturated heterocycles. The first-order chi connectivity index (χ1) is 57.7. The van der Waals surface area contributed by atoms with Gasteiger partial charge in [0, 0.05) is 58.8 Å². The zero-order valence-electron chi connectivity index (χ0n) is 70.1. The van der Waals surface area contributed by atoms with E-state index in [2.05, 4.69) is 69.1 Å². The summed E-state index contributed by atoms with van der Waals surface area (Å²) in [6.45, 7) is 11.7. The number of aromatic hydroxyl groups is 1. The fourth-order valence-corrected chi connectivity index (χ4v) is 14.3. The molecule has 42 heteroatoms. The molecule has 3 heterocycles. The number of aliphatic carboxylic acids is 2. The monoisotopic (exact) mass is 1710 g/mol. The maximum atomic E-state index is 15.2.